The Labute approximate surface area is 116 Å². The Kier molecular flexibility index (Phi) is 4.57. The summed E-state index contributed by atoms with van der Waals surface area (Å²) < 4.78 is 1.96. The van der Waals surface area contributed by atoms with Crippen LogP contribution in [0.4, 0.5) is 0 Å². The lowest BCUT2D eigenvalue weighted by Crippen LogP contribution is -2.15. The molecule has 2 aromatic rings. The lowest BCUT2D eigenvalue weighted by molar-refractivity contribution is 0.113. The zero-order valence-electron chi connectivity index (χ0n) is 10.9. The number of aliphatic hydroxyl groups excluding tert-OH is 2. The number of hydrogen-bond donors (Lipinski definition) is 2. The fraction of sp³-hybridized carbons (Fsp3) is 0.385. The average molecular weight is 279 g/mol. The van der Waals surface area contributed by atoms with Crippen LogP contribution in [-0.4, -0.2) is 43.4 Å². The fourth-order valence-corrected chi connectivity index (χ4v) is 2.66. The molecule has 2 N–H and O–H groups in total. The van der Waals surface area contributed by atoms with Gasteiger partial charge in [-0.2, -0.15) is 0 Å². The number of para-hydroxylation sites is 1. The van der Waals surface area contributed by atoms with E-state index >= 15 is 0 Å². The first-order valence-corrected chi connectivity index (χ1v) is 7.01. The van der Waals surface area contributed by atoms with Crippen molar-refractivity contribution in [3.63, 3.8) is 0 Å². The highest BCUT2D eigenvalue weighted by Crippen LogP contribution is 2.24. The van der Waals surface area contributed by atoms with Gasteiger partial charge in [0.15, 0.2) is 5.16 Å². The predicted molar refractivity (Wildman–Crippen MR) is 74.6 cm³/mol. The van der Waals surface area contributed by atoms with Gasteiger partial charge >= 0.3 is 0 Å². The Morgan fingerprint density at radius 1 is 1.26 bits per heavy atom. The molecule has 0 aliphatic rings. The SMILES string of the molecule is Cc1ccccc1-n1c(C)nnc1SCC(O)CO. The second kappa shape index (κ2) is 6.18. The number of thioether (sulfide) groups is 1. The lowest BCUT2D eigenvalue weighted by Gasteiger charge is -2.11. The van der Waals surface area contributed by atoms with Crippen molar-refractivity contribution in [2.45, 2.75) is 25.1 Å². The molecule has 0 saturated heterocycles. The molecule has 1 aromatic carbocycles. The van der Waals surface area contributed by atoms with Crippen molar-refractivity contribution < 1.29 is 10.2 Å². The van der Waals surface area contributed by atoms with Crippen LogP contribution in [0.5, 0.6) is 0 Å². The van der Waals surface area contributed by atoms with Crippen molar-refractivity contribution in [1.29, 1.82) is 0 Å². The summed E-state index contributed by atoms with van der Waals surface area (Å²) in [6.45, 7) is 3.68. The van der Waals surface area contributed by atoms with E-state index in [0.29, 0.717) is 5.75 Å². The van der Waals surface area contributed by atoms with Crippen LogP contribution < -0.4 is 0 Å². The van der Waals surface area contributed by atoms with Gasteiger partial charge < -0.3 is 10.2 Å². The van der Waals surface area contributed by atoms with Gasteiger partial charge in [0, 0.05) is 5.75 Å². The van der Waals surface area contributed by atoms with Crippen LogP contribution in [0.2, 0.25) is 0 Å². The van der Waals surface area contributed by atoms with Gasteiger partial charge in [-0.1, -0.05) is 30.0 Å². The third-order valence-electron chi connectivity index (χ3n) is 2.77. The quantitative estimate of drug-likeness (QED) is 0.808. The lowest BCUT2D eigenvalue weighted by atomic mass is 10.2. The fourth-order valence-electron chi connectivity index (χ4n) is 1.75. The van der Waals surface area contributed by atoms with Crippen LogP contribution >= 0.6 is 11.8 Å². The number of nitrogens with zero attached hydrogens (tertiary/aromatic N) is 3. The third kappa shape index (κ3) is 3.15. The summed E-state index contributed by atoms with van der Waals surface area (Å²) in [4.78, 5) is 0. The third-order valence-corrected chi connectivity index (χ3v) is 3.84. The maximum atomic E-state index is 9.41. The van der Waals surface area contributed by atoms with E-state index in [4.69, 9.17) is 5.11 Å². The van der Waals surface area contributed by atoms with E-state index in [0.717, 1.165) is 22.2 Å². The van der Waals surface area contributed by atoms with E-state index in [-0.39, 0.29) is 6.61 Å². The molecule has 102 valence electrons. The number of benzene rings is 1. The molecule has 1 aromatic heterocycles. The Morgan fingerprint density at radius 2 is 2.00 bits per heavy atom. The molecule has 0 saturated carbocycles. The van der Waals surface area contributed by atoms with Gasteiger partial charge in [-0.05, 0) is 25.5 Å². The van der Waals surface area contributed by atoms with Crippen LogP contribution in [-0.2, 0) is 0 Å². The molecule has 0 radical (unpaired) electrons. The van der Waals surface area contributed by atoms with Crippen LogP contribution in [0.15, 0.2) is 29.4 Å². The van der Waals surface area contributed by atoms with Gasteiger partial charge in [0.2, 0.25) is 0 Å². The molecular formula is C13H17N3O2S. The van der Waals surface area contributed by atoms with Crippen LogP contribution in [0.1, 0.15) is 11.4 Å². The van der Waals surface area contributed by atoms with E-state index in [1.165, 1.54) is 11.8 Å². The van der Waals surface area contributed by atoms with E-state index in [9.17, 15) is 5.11 Å². The molecule has 1 unspecified atom stereocenters. The highest BCUT2D eigenvalue weighted by atomic mass is 32.2. The summed E-state index contributed by atoms with van der Waals surface area (Å²) in [7, 11) is 0. The molecular weight excluding hydrogens is 262 g/mol. The van der Waals surface area contributed by atoms with Gasteiger partial charge in [-0.25, -0.2) is 0 Å². The number of hydrogen-bond acceptors (Lipinski definition) is 5. The first-order chi connectivity index (χ1) is 9.13. The van der Waals surface area contributed by atoms with Crippen molar-refractivity contribution in [2.75, 3.05) is 12.4 Å². The van der Waals surface area contributed by atoms with Crippen LogP contribution in [0, 0.1) is 13.8 Å². The van der Waals surface area contributed by atoms with Crippen molar-refractivity contribution in [2.24, 2.45) is 0 Å². The van der Waals surface area contributed by atoms with Crippen molar-refractivity contribution in [1.82, 2.24) is 14.8 Å². The van der Waals surface area contributed by atoms with Gasteiger partial charge in [-0.15, -0.1) is 10.2 Å². The highest BCUT2D eigenvalue weighted by molar-refractivity contribution is 7.99. The van der Waals surface area contributed by atoms with Crippen molar-refractivity contribution in [3.8, 4) is 5.69 Å². The Hall–Kier alpha value is -1.37. The van der Waals surface area contributed by atoms with Gasteiger partial charge in [0.1, 0.15) is 5.82 Å². The summed E-state index contributed by atoms with van der Waals surface area (Å²) in [5.74, 6) is 1.19. The maximum Gasteiger partial charge on any atom is 0.195 e. The van der Waals surface area contributed by atoms with Crippen LogP contribution in [0.3, 0.4) is 0 Å². The largest absolute Gasteiger partial charge is 0.394 e. The number of aliphatic hydroxyl groups is 2. The molecule has 6 heteroatoms. The van der Waals surface area contributed by atoms with E-state index in [1.807, 2.05) is 42.7 Å². The van der Waals surface area contributed by atoms with Gasteiger partial charge in [-0.3, -0.25) is 4.57 Å². The molecule has 1 heterocycles. The Balaban J connectivity index is 2.30. The summed E-state index contributed by atoms with van der Waals surface area (Å²) >= 11 is 1.38. The van der Waals surface area contributed by atoms with Gasteiger partial charge in [0.25, 0.3) is 0 Å². The minimum Gasteiger partial charge on any atom is -0.394 e. The number of aryl methyl sites for hydroxylation is 2. The Morgan fingerprint density at radius 3 is 2.68 bits per heavy atom. The average Bonchev–Trinajstić information content (AvgIpc) is 2.78. The second-order valence-corrected chi connectivity index (χ2v) is 5.29. The van der Waals surface area contributed by atoms with E-state index < -0.39 is 6.10 Å². The molecule has 0 bridgehead atoms. The number of rotatable bonds is 5. The maximum absolute atomic E-state index is 9.41. The molecule has 0 spiro atoms. The minimum atomic E-state index is -0.743. The molecule has 2 rings (SSSR count). The normalized spacial score (nSPS) is 12.6. The zero-order chi connectivity index (χ0) is 13.8. The molecule has 0 amide bonds. The summed E-state index contributed by atoms with van der Waals surface area (Å²) in [5, 5.41) is 27.2. The number of aromatic nitrogens is 3. The summed E-state index contributed by atoms with van der Waals surface area (Å²) in [6, 6.07) is 8.00. The monoisotopic (exact) mass is 279 g/mol. The molecule has 0 fully saturated rings. The molecule has 5 nitrogen and oxygen atoms in total. The van der Waals surface area contributed by atoms with E-state index in [1.54, 1.807) is 0 Å². The summed E-state index contributed by atoms with van der Waals surface area (Å²) in [5.41, 5.74) is 2.17. The van der Waals surface area contributed by atoms with E-state index in [2.05, 4.69) is 10.2 Å². The summed E-state index contributed by atoms with van der Waals surface area (Å²) in [6.07, 6.45) is -0.743. The van der Waals surface area contributed by atoms with Crippen molar-refractivity contribution >= 4 is 11.8 Å². The second-order valence-electron chi connectivity index (χ2n) is 4.30. The zero-order valence-corrected chi connectivity index (χ0v) is 11.8. The Bertz CT molecular complexity index is 557. The smallest absolute Gasteiger partial charge is 0.195 e. The topological polar surface area (TPSA) is 71.2 Å². The first-order valence-electron chi connectivity index (χ1n) is 6.03. The van der Waals surface area contributed by atoms with Gasteiger partial charge in [0.05, 0.1) is 18.4 Å². The molecule has 1 atom stereocenters. The molecule has 19 heavy (non-hydrogen) atoms. The predicted octanol–water partition coefficient (Wildman–Crippen LogP) is 1.33. The standard InChI is InChI=1S/C13H17N3O2S/c1-9-5-3-4-6-12(9)16-10(2)14-15-13(16)19-8-11(18)7-17/h3-6,11,17-18H,7-8H2,1-2H3. The molecule has 0 aliphatic carbocycles. The highest BCUT2D eigenvalue weighted by Gasteiger charge is 2.14. The van der Waals surface area contributed by atoms with Crippen LogP contribution in [0.25, 0.3) is 5.69 Å². The first kappa shape index (κ1) is 14.0. The molecule has 0 aliphatic heterocycles. The minimum absolute atomic E-state index is 0.246. The van der Waals surface area contributed by atoms with Crippen molar-refractivity contribution in [3.05, 3.63) is 35.7 Å².